The lowest BCUT2D eigenvalue weighted by atomic mass is 10.2. The van der Waals surface area contributed by atoms with E-state index in [0.717, 1.165) is 11.3 Å². The van der Waals surface area contributed by atoms with E-state index in [1.807, 2.05) is 19.1 Å². The summed E-state index contributed by atoms with van der Waals surface area (Å²) in [6.07, 6.45) is 3.09. The molecule has 1 rings (SSSR count). The Kier molecular flexibility index (Phi) is 6.35. The average molecular weight is 265 g/mol. The molecule has 0 saturated carbocycles. The summed E-state index contributed by atoms with van der Waals surface area (Å²) in [5.41, 5.74) is 1.87. The number of carboxylic acid groups (broad SMARTS) is 1. The van der Waals surface area contributed by atoms with Crippen molar-refractivity contribution in [3.8, 4) is 0 Å². The lowest BCUT2D eigenvalue weighted by Gasteiger charge is -2.07. The molecular weight excluding hydrogens is 246 g/mol. The molecule has 0 aliphatic heterocycles. The first kappa shape index (κ1) is 14.9. The number of urea groups is 1. The Labute approximate surface area is 112 Å². The van der Waals surface area contributed by atoms with Crippen molar-refractivity contribution < 1.29 is 14.7 Å². The number of aliphatic carboxylic acids is 1. The van der Waals surface area contributed by atoms with Gasteiger partial charge in [0, 0.05) is 31.4 Å². The van der Waals surface area contributed by atoms with Crippen molar-refractivity contribution in [1.82, 2.24) is 15.6 Å². The van der Waals surface area contributed by atoms with E-state index >= 15 is 0 Å². The smallest absolute Gasteiger partial charge is 0.315 e. The largest absolute Gasteiger partial charge is 0.481 e. The number of amides is 2. The Morgan fingerprint density at radius 3 is 2.68 bits per heavy atom. The van der Waals surface area contributed by atoms with Crippen molar-refractivity contribution in [3.05, 3.63) is 29.6 Å². The number of pyridine rings is 1. The van der Waals surface area contributed by atoms with Gasteiger partial charge < -0.3 is 15.7 Å². The Bertz CT molecular complexity index is 418. The fourth-order valence-corrected chi connectivity index (χ4v) is 1.45. The van der Waals surface area contributed by atoms with E-state index in [1.54, 1.807) is 6.20 Å². The van der Waals surface area contributed by atoms with Crippen molar-refractivity contribution in [1.29, 1.82) is 0 Å². The van der Waals surface area contributed by atoms with Crippen molar-refractivity contribution in [2.45, 2.75) is 32.7 Å². The van der Waals surface area contributed by atoms with Crippen molar-refractivity contribution >= 4 is 12.0 Å². The predicted octanol–water partition coefficient (Wildman–Crippen LogP) is 1.44. The highest BCUT2D eigenvalue weighted by atomic mass is 16.4. The second-order valence-corrected chi connectivity index (χ2v) is 4.27. The molecule has 0 aliphatic carbocycles. The zero-order valence-electron chi connectivity index (χ0n) is 11.0. The fourth-order valence-electron chi connectivity index (χ4n) is 1.45. The van der Waals surface area contributed by atoms with Crippen LogP contribution < -0.4 is 10.6 Å². The first-order valence-corrected chi connectivity index (χ1v) is 6.23. The quantitative estimate of drug-likeness (QED) is 0.651. The number of nitrogens with one attached hydrogen (secondary N) is 2. The second kappa shape index (κ2) is 8.07. The van der Waals surface area contributed by atoms with Crippen LogP contribution in [0.1, 0.15) is 30.5 Å². The number of unbranched alkanes of at least 4 members (excludes halogenated alkanes) is 1. The summed E-state index contributed by atoms with van der Waals surface area (Å²) in [5, 5.41) is 13.8. The van der Waals surface area contributed by atoms with E-state index in [4.69, 9.17) is 5.11 Å². The highest BCUT2D eigenvalue weighted by Crippen LogP contribution is 1.98. The molecule has 6 heteroatoms. The second-order valence-electron chi connectivity index (χ2n) is 4.27. The Morgan fingerprint density at radius 1 is 1.26 bits per heavy atom. The first-order valence-electron chi connectivity index (χ1n) is 6.23. The standard InChI is InChI=1S/C13H19N3O3/c1-10-5-6-11(8-15-10)9-16-13(19)14-7-3-2-4-12(17)18/h5-6,8H,2-4,7,9H2,1H3,(H,17,18)(H2,14,16,19). The van der Waals surface area contributed by atoms with E-state index in [-0.39, 0.29) is 12.5 Å². The van der Waals surface area contributed by atoms with Crippen LogP contribution in [0.5, 0.6) is 0 Å². The molecule has 104 valence electrons. The SMILES string of the molecule is Cc1ccc(CNC(=O)NCCCCC(=O)O)cn1. The minimum absolute atomic E-state index is 0.137. The summed E-state index contributed by atoms with van der Waals surface area (Å²) in [5.74, 6) is -0.809. The number of aryl methyl sites for hydroxylation is 1. The van der Waals surface area contributed by atoms with Crippen LogP contribution in [0.4, 0.5) is 4.79 Å². The zero-order chi connectivity index (χ0) is 14.1. The molecule has 0 aromatic carbocycles. The van der Waals surface area contributed by atoms with Gasteiger partial charge in [-0.05, 0) is 31.4 Å². The van der Waals surface area contributed by atoms with Crippen LogP contribution in [0.3, 0.4) is 0 Å². The van der Waals surface area contributed by atoms with Crippen molar-refractivity contribution in [2.24, 2.45) is 0 Å². The van der Waals surface area contributed by atoms with Gasteiger partial charge in [-0.15, -0.1) is 0 Å². The van der Waals surface area contributed by atoms with Crippen LogP contribution in [0.25, 0.3) is 0 Å². The van der Waals surface area contributed by atoms with Gasteiger partial charge in [-0.2, -0.15) is 0 Å². The normalized spacial score (nSPS) is 9.95. The molecule has 0 atom stereocenters. The summed E-state index contributed by atoms with van der Waals surface area (Å²) in [7, 11) is 0. The molecule has 0 radical (unpaired) electrons. The van der Waals surface area contributed by atoms with Gasteiger partial charge in [-0.3, -0.25) is 9.78 Å². The van der Waals surface area contributed by atoms with Gasteiger partial charge in [0.1, 0.15) is 0 Å². The third kappa shape index (κ3) is 7.03. The van der Waals surface area contributed by atoms with E-state index < -0.39 is 5.97 Å². The molecule has 6 nitrogen and oxygen atoms in total. The Balaban J connectivity index is 2.11. The van der Waals surface area contributed by atoms with Gasteiger partial charge in [0.05, 0.1) is 0 Å². The molecule has 0 aliphatic rings. The zero-order valence-corrected chi connectivity index (χ0v) is 11.0. The molecule has 0 fully saturated rings. The van der Waals surface area contributed by atoms with Crippen molar-refractivity contribution in [3.63, 3.8) is 0 Å². The lowest BCUT2D eigenvalue weighted by molar-refractivity contribution is -0.137. The van der Waals surface area contributed by atoms with Gasteiger partial charge in [0.25, 0.3) is 0 Å². The van der Waals surface area contributed by atoms with Gasteiger partial charge in [0.2, 0.25) is 0 Å². The third-order valence-electron chi connectivity index (χ3n) is 2.53. The number of aromatic nitrogens is 1. The van der Waals surface area contributed by atoms with E-state index in [1.165, 1.54) is 0 Å². The third-order valence-corrected chi connectivity index (χ3v) is 2.53. The number of carbonyl (C=O) groups is 2. The molecule has 19 heavy (non-hydrogen) atoms. The maximum absolute atomic E-state index is 11.4. The highest BCUT2D eigenvalue weighted by molar-refractivity contribution is 5.73. The molecule has 0 saturated heterocycles. The molecule has 0 spiro atoms. The minimum Gasteiger partial charge on any atom is -0.481 e. The van der Waals surface area contributed by atoms with Crippen LogP contribution in [-0.4, -0.2) is 28.6 Å². The number of carbonyl (C=O) groups excluding carboxylic acids is 1. The minimum atomic E-state index is -0.809. The number of rotatable bonds is 7. The van der Waals surface area contributed by atoms with Crippen LogP contribution in [0.2, 0.25) is 0 Å². The van der Waals surface area contributed by atoms with Gasteiger partial charge >= 0.3 is 12.0 Å². The summed E-state index contributed by atoms with van der Waals surface area (Å²) in [4.78, 5) is 25.8. The van der Waals surface area contributed by atoms with Crippen molar-refractivity contribution in [2.75, 3.05) is 6.54 Å². The van der Waals surface area contributed by atoms with Crippen LogP contribution in [0, 0.1) is 6.92 Å². The number of nitrogens with zero attached hydrogens (tertiary/aromatic N) is 1. The molecule has 0 bridgehead atoms. The molecule has 1 heterocycles. The van der Waals surface area contributed by atoms with Crippen LogP contribution in [-0.2, 0) is 11.3 Å². The summed E-state index contributed by atoms with van der Waals surface area (Å²) >= 11 is 0. The molecular formula is C13H19N3O3. The van der Waals surface area contributed by atoms with E-state index in [0.29, 0.717) is 25.9 Å². The first-order chi connectivity index (χ1) is 9.08. The Hall–Kier alpha value is -2.11. The fraction of sp³-hybridized carbons (Fsp3) is 0.462. The van der Waals surface area contributed by atoms with E-state index in [2.05, 4.69) is 15.6 Å². The van der Waals surface area contributed by atoms with Crippen LogP contribution >= 0.6 is 0 Å². The summed E-state index contributed by atoms with van der Waals surface area (Å²) in [6.45, 7) is 2.81. The Morgan fingerprint density at radius 2 is 2.05 bits per heavy atom. The predicted molar refractivity (Wildman–Crippen MR) is 70.7 cm³/mol. The molecule has 2 amide bonds. The van der Waals surface area contributed by atoms with Gasteiger partial charge in [-0.25, -0.2) is 4.79 Å². The number of hydrogen-bond donors (Lipinski definition) is 3. The topological polar surface area (TPSA) is 91.3 Å². The summed E-state index contributed by atoms with van der Waals surface area (Å²) in [6, 6.07) is 3.55. The monoisotopic (exact) mass is 265 g/mol. The number of hydrogen-bond acceptors (Lipinski definition) is 3. The summed E-state index contributed by atoms with van der Waals surface area (Å²) < 4.78 is 0. The van der Waals surface area contributed by atoms with Gasteiger partial charge in [0.15, 0.2) is 0 Å². The molecule has 0 unspecified atom stereocenters. The maximum Gasteiger partial charge on any atom is 0.315 e. The molecule has 1 aromatic rings. The van der Waals surface area contributed by atoms with E-state index in [9.17, 15) is 9.59 Å². The van der Waals surface area contributed by atoms with Gasteiger partial charge in [-0.1, -0.05) is 6.07 Å². The number of carboxylic acids is 1. The molecule has 3 N–H and O–H groups in total. The highest BCUT2D eigenvalue weighted by Gasteiger charge is 2.01. The lowest BCUT2D eigenvalue weighted by Crippen LogP contribution is -2.35. The molecule has 1 aromatic heterocycles. The average Bonchev–Trinajstić information content (AvgIpc) is 2.37. The van der Waals surface area contributed by atoms with Crippen LogP contribution in [0.15, 0.2) is 18.3 Å². The maximum atomic E-state index is 11.4.